The summed E-state index contributed by atoms with van der Waals surface area (Å²) in [6, 6.07) is -1.16. The topological polar surface area (TPSA) is 72.9 Å². The Balaban J connectivity index is 2.79. The van der Waals surface area contributed by atoms with Crippen LogP contribution in [0.5, 0.6) is 0 Å². The summed E-state index contributed by atoms with van der Waals surface area (Å²) in [5.74, 6) is -1.04. The van der Waals surface area contributed by atoms with Crippen molar-refractivity contribution in [3.63, 3.8) is 0 Å². The molecule has 1 atom stereocenters. The van der Waals surface area contributed by atoms with Crippen LogP contribution in [0.1, 0.15) is 27.2 Å². The van der Waals surface area contributed by atoms with Gasteiger partial charge < -0.3 is 9.47 Å². The average molecular weight is 243 g/mol. The largest absolute Gasteiger partial charge is 0.467 e. The summed E-state index contributed by atoms with van der Waals surface area (Å²) in [7, 11) is 1.18. The quantitative estimate of drug-likeness (QED) is 0.501. The van der Waals surface area contributed by atoms with Crippen molar-refractivity contribution in [1.29, 1.82) is 0 Å². The van der Waals surface area contributed by atoms with Gasteiger partial charge in [-0.2, -0.15) is 0 Å². The van der Waals surface area contributed by atoms with Crippen molar-refractivity contribution >= 4 is 17.8 Å². The Kier molecular flexibility index (Phi) is 3.75. The van der Waals surface area contributed by atoms with Crippen molar-refractivity contribution in [3.05, 3.63) is 0 Å². The third-order valence-corrected chi connectivity index (χ3v) is 2.27. The molecule has 1 amide bonds. The van der Waals surface area contributed by atoms with Gasteiger partial charge in [0, 0.05) is 13.0 Å². The second-order valence-corrected chi connectivity index (χ2v) is 4.82. The van der Waals surface area contributed by atoms with E-state index in [0.717, 1.165) is 4.90 Å². The number of likely N-dealkylation sites (tertiary alicyclic amines) is 1. The second kappa shape index (κ2) is 4.73. The van der Waals surface area contributed by atoms with Gasteiger partial charge in [-0.05, 0) is 20.8 Å². The molecule has 0 aromatic rings. The molecule has 6 heteroatoms. The molecule has 1 saturated heterocycles. The monoisotopic (exact) mass is 243 g/mol. The van der Waals surface area contributed by atoms with Crippen LogP contribution >= 0.6 is 0 Å². The minimum atomic E-state index is -1.16. The highest BCUT2D eigenvalue weighted by Crippen LogP contribution is 2.19. The summed E-state index contributed by atoms with van der Waals surface area (Å²) in [5.41, 5.74) is -0.663. The third kappa shape index (κ3) is 3.18. The van der Waals surface area contributed by atoms with E-state index in [1.807, 2.05) is 0 Å². The lowest BCUT2D eigenvalue weighted by Gasteiger charge is -2.26. The number of carbonyl (C=O) groups is 3. The van der Waals surface area contributed by atoms with Crippen molar-refractivity contribution in [3.8, 4) is 0 Å². The Morgan fingerprint density at radius 1 is 1.35 bits per heavy atom. The Labute approximate surface area is 99.9 Å². The number of Topliss-reactive ketones (excluding diaryl/α,β-unsaturated/α-hetero) is 1. The molecule has 0 spiro atoms. The average Bonchev–Trinajstić information content (AvgIpc) is 2.56. The van der Waals surface area contributed by atoms with Crippen LogP contribution in [-0.4, -0.2) is 48.0 Å². The number of methoxy groups -OCH3 is 1. The van der Waals surface area contributed by atoms with Crippen LogP contribution in [0.15, 0.2) is 0 Å². The van der Waals surface area contributed by atoms with Crippen molar-refractivity contribution in [2.75, 3.05) is 13.7 Å². The van der Waals surface area contributed by atoms with Crippen LogP contribution in [0, 0.1) is 0 Å². The molecule has 0 radical (unpaired) electrons. The molecule has 0 aromatic heterocycles. The molecular formula is C11H17NO5. The highest BCUT2D eigenvalue weighted by atomic mass is 16.6. The first kappa shape index (κ1) is 13.5. The zero-order chi connectivity index (χ0) is 13.2. The number of ketones is 1. The molecule has 1 aliphatic rings. The van der Waals surface area contributed by atoms with Crippen LogP contribution < -0.4 is 0 Å². The number of rotatable bonds is 1. The predicted octanol–water partition coefficient (Wildman–Crippen LogP) is 0.738. The van der Waals surface area contributed by atoms with E-state index >= 15 is 0 Å². The Morgan fingerprint density at radius 2 is 1.94 bits per heavy atom. The Bertz CT molecular complexity index is 344. The zero-order valence-corrected chi connectivity index (χ0v) is 10.5. The van der Waals surface area contributed by atoms with Crippen LogP contribution in [0.2, 0.25) is 0 Å². The van der Waals surface area contributed by atoms with Gasteiger partial charge in [-0.15, -0.1) is 0 Å². The number of hydrogen-bond acceptors (Lipinski definition) is 5. The van der Waals surface area contributed by atoms with Gasteiger partial charge >= 0.3 is 12.1 Å². The second-order valence-electron chi connectivity index (χ2n) is 4.82. The summed E-state index contributed by atoms with van der Waals surface area (Å²) in [6.07, 6.45) is -0.516. The van der Waals surface area contributed by atoms with E-state index < -0.39 is 23.7 Å². The fourth-order valence-electron chi connectivity index (χ4n) is 1.56. The molecule has 1 fully saturated rings. The van der Waals surface area contributed by atoms with Gasteiger partial charge in [-0.1, -0.05) is 0 Å². The zero-order valence-electron chi connectivity index (χ0n) is 10.5. The molecule has 0 saturated carbocycles. The minimum absolute atomic E-state index is 0.152. The molecule has 1 aliphatic heterocycles. The predicted molar refractivity (Wildman–Crippen MR) is 58.4 cm³/mol. The van der Waals surface area contributed by atoms with E-state index in [9.17, 15) is 14.4 Å². The van der Waals surface area contributed by atoms with Gasteiger partial charge in [0.05, 0.1) is 7.11 Å². The lowest BCUT2D eigenvalue weighted by molar-refractivity contribution is -0.148. The number of ether oxygens (including phenoxy) is 2. The van der Waals surface area contributed by atoms with Gasteiger partial charge in [-0.25, -0.2) is 9.59 Å². The Morgan fingerprint density at radius 3 is 2.41 bits per heavy atom. The molecule has 0 aliphatic carbocycles. The highest BCUT2D eigenvalue weighted by molar-refractivity contribution is 6.07. The number of nitrogens with zero attached hydrogens (tertiary/aromatic N) is 1. The highest BCUT2D eigenvalue weighted by Gasteiger charge is 2.43. The fraction of sp³-hybridized carbons (Fsp3) is 0.727. The molecule has 1 rings (SSSR count). The van der Waals surface area contributed by atoms with E-state index in [0.29, 0.717) is 0 Å². The molecule has 17 heavy (non-hydrogen) atoms. The fourth-order valence-corrected chi connectivity index (χ4v) is 1.56. The number of carbonyl (C=O) groups excluding carboxylic acids is 3. The summed E-state index contributed by atoms with van der Waals surface area (Å²) in [5, 5.41) is 0. The standard InChI is InChI=1S/C11H17NO5/c1-11(2,3)17-10(15)12-6-5-7(13)8(12)9(14)16-4/h8H,5-6H2,1-4H3/t8-/m0/s1. The number of amides is 1. The third-order valence-electron chi connectivity index (χ3n) is 2.27. The van der Waals surface area contributed by atoms with Crippen molar-refractivity contribution in [2.45, 2.75) is 38.8 Å². The van der Waals surface area contributed by atoms with Crippen LogP contribution in [0.3, 0.4) is 0 Å². The summed E-state index contributed by atoms with van der Waals surface area (Å²) < 4.78 is 9.63. The van der Waals surface area contributed by atoms with Crippen LogP contribution in [-0.2, 0) is 19.1 Å². The lowest BCUT2D eigenvalue weighted by Crippen LogP contribution is -2.46. The molecule has 6 nitrogen and oxygen atoms in total. The molecule has 0 bridgehead atoms. The van der Waals surface area contributed by atoms with Gasteiger partial charge in [0.15, 0.2) is 11.8 Å². The summed E-state index contributed by atoms with van der Waals surface area (Å²) in [6.45, 7) is 5.34. The first-order valence-electron chi connectivity index (χ1n) is 5.36. The number of esters is 1. The smallest absolute Gasteiger partial charge is 0.411 e. The van der Waals surface area contributed by atoms with E-state index in [1.165, 1.54) is 7.11 Å². The SMILES string of the molecule is COC(=O)[C@@H]1C(=O)CCN1C(=O)OC(C)(C)C. The van der Waals surface area contributed by atoms with Crippen molar-refractivity contribution in [2.24, 2.45) is 0 Å². The minimum Gasteiger partial charge on any atom is -0.467 e. The molecule has 0 unspecified atom stereocenters. The summed E-state index contributed by atoms with van der Waals surface area (Å²) in [4.78, 5) is 35.8. The van der Waals surface area contributed by atoms with Gasteiger partial charge in [-0.3, -0.25) is 9.69 Å². The van der Waals surface area contributed by atoms with Crippen LogP contribution in [0.25, 0.3) is 0 Å². The number of hydrogen-bond donors (Lipinski definition) is 0. The maximum atomic E-state index is 11.8. The molecule has 1 heterocycles. The lowest BCUT2D eigenvalue weighted by atomic mass is 10.2. The maximum Gasteiger partial charge on any atom is 0.411 e. The van der Waals surface area contributed by atoms with Gasteiger partial charge in [0.25, 0.3) is 0 Å². The maximum absolute atomic E-state index is 11.8. The van der Waals surface area contributed by atoms with E-state index in [2.05, 4.69) is 4.74 Å². The molecule has 0 aromatic carbocycles. The van der Waals surface area contributed by atoms with E-state index in [1.54, 1.807) is 20.8 Å². The van der Waals surface area contributed by atoms with Crippen molar-refractivity contribution in [1.82, 2.24) is 4.90 Å². The first-order valence-corrected chi connectivity index (χ1v) is 5.36. The summed E-state index contributed by atoms with van der Waals surface area (Å²) >= 11 is 0. The van der Waals surface area contributed by atoms with Gasteiger partial charge in [0.1, 0.15) is 5.60 Å². The first-order chi connectivity index (χ1) is 7.76. The van der Waals surface area contributed by atoms with Crippen molar-refractivity contribution < 1.29 is 23.9 Å². The molecular weight excluding hydrogens is 226 g/mol. The normalized spacial score (nSPS) is 20.4. The molecule has 96 valence electrons. The van der Waals surface area contributed by atoms with E-state index in [4.69, 9.17) is 4.74 Å². The van der Waals surface area contributed by atoms with Crippen LogP contribution in [0.4, 0.5) is 4.79 Å². The van der Waals surface area contributed by atoms with E-state index in [-0.39, 0.29) is 18.7 Å². The molecule has 0 N–H and O–H groups in total. The van der Waals surface area contributed by atoms with Gasteiger partial charge in [0.2, 0.25) is 0 Å². The Hall–Kier alpha value is -1.59.